The van der Waals surface area contributed by atoms with Crippen LogP contribution in [0.15, 0.2) is 40.7 Å². The number of benzene rings is 1. The SMILES string of the molecule is O=C(CN1C(=O)CN=C(c2cccc(F)c2)c2ccsc21)N1CCCCC1. The fraction of sp³-hybridized carbons (Fsp3) is 0.350. The Balaban J connectivity index is 1.64. The number of nitrogens with zero attached hydrogens (tertiary/aromatic N) is 3. The fourth-order valence-corrected chi connectivity index (χ4v) is 4.46. The smallest absolute Gasteiger partial charge is 0.249 e. The van der Waals surface area contributed by atoms with Crippen LogP contribution in [0.1, 0.15) is 30.4 Å². The highest BCUT2D eigenvalue weighted by Gasteiger charge is 2.29. The van der Waals surface area contributed by atoms with Gasteiger partial charge in [-0.1, -0.05) is 12.1 Å². The van der Waals surface area contributed by atoms with E-state index in [1.54, 1.807) is 12.1 Å². The highest BCUT2D eigenvalue weighted by atomic mass is 32.1. The number of rotatable bonds is 3. The van der Waals surface area contributed by atoms with E-state index in [2.05, 4.69) is 4.99 Å². The third-order valence-electron chi connectivity index (χ3n) is 4.92. The summed E-state index contributed by atoms with van der Waals surface area (Å²) in [6, 6.07) is 8.08. The fourth-order valence-electron chi connectivity index (χ4n) is 3.54. The monoisotopic (exact) mass is 385 g/mol. The van der Waals surface area contributed by atoms with Crippen LogP contribution in [-0.2, 0) is 9.59 Å². The summed E-state index contributed by atoms with van der Waals surface area (Å²) in [6.45, 7) is 1.48. The molecule has 0 N–H and O–H groups in total. The summed E-state index contributed by atoms with van der Waals surface area (Å²) in [6.07, 6.45) is 3.17. The van der Waals surface area contributed by atoms with Gasteiger partial charge in [-0.15, -0.1) is 11.3 Å². The quantitative estimate of drug-likeness (QED) is 0.815. The van der Waals surface area contributed by atoms with Gasteiger partial charge in [0.25, 0.3) is 0 Å². The normalized spacial score (nSPS) is 17.4. The summed E-state index contributed by atoms with van der Waals surface area (Å²) in [5.74, 6) is -0.591. The van der Waals surface area contributed by atoms with Crippen LogP contribution in [0.2, 0.25) is 0 Å². The molecule has 5 nitrogen and oxygen atoms in total. The number of fused-ring (bicyclic) bond motifs is 1. The van der Waals surface area contributed by atoms with E-state index >= 15 is 0 Å². The van der Waals surface area contributed by atoms with Crippen LogP contribution >= 0.6 is 11.3 Å². The van der Waals surface area contributed by atoms with Crippen molar-refractivity contribution < 1.29 is 14.0 Å². The van der Waals surface area contributed by atoms with Crippen molar-refractivity contribution >= 4 is 33.9 Å². The number of halogens is 1. The van der Waals surface area contributed by atoms with Crippen molar-refractivity contribution in [2.24, 2.45) is 4.99 Å². The van der Waals surface area contributed by atoms with Gasteiger partial charge in [0.15, 0.2) is 0 Å². The number of amides is 2. The zero-order valence-corrected chi connectivity index (χ0v) is 15.7. The lowest BCUT2D eigenvalue weighted by atomic mass is 10.0. The van der Waals surface area contributed by atoms with E-state index in [0.29, 0.717) is 16.3 Å². The number of thiophene rings is 1. The molecule has 27 heavy (non-hydrogen) atoms. The van der Waals surface area contributed by atoms with Gasteiger partial charge >= 0.3 is 0 Å². The summed E-state index contributed by atoms with van der Waals surface area (Å²) in [5.41, 5.74) is 1.99. The van der Waals surface area contributed by atoms with Crippen LogP contribution in [-0.4, -0.2) is 48.6 Å². The molecule has 2 aliphatic rings. The number of carbonyl (C=O) groups is 2. The molecule has 3 heterocycles. The Bertz CT molecular complexity index is 902. The molecule has 0 aliphatic carbocycles. The van der Waals surface area contributed by atoms with Crippen molar-refractivity contribution in [3.63, 3.8) is 0 Å². The summed E-state index contributed by atoms with van der Waals surface area (Å²) in [4.78, 5) is 33.2. The van der Waals surface area contributed by atoms with Crippen molar-refractivity contribution in [1.82, 2.24) is 4.90 Å². The van der Waals surface area contributed by atoms with Gasteiger partial charge < -0.3 is 4.90 Å². The second-order valence-electron chi connectivity index (χ2n) is 6.74. The molecule has 1 saturated heterocycles. The largest absolute Gasteiger partial charge is 0.341 e. The molecule has 140 valence electrons. The van der Waals surface area contributed by atoms with Crippen molar-refractivity contribution in [3.05, 3.63) is 52.7 Å². The molecule has 2 aromatic rings. The first-order valence-corrected chi connectivity index (χ1v) is 9.98. The molecule has 0 atom stereocenters. The molecule has 1 aromatic heterocycles. The number of hydrogen-bond donors (Lipinski definition) is 0. The third kappa shape index (κ3) is 3.64. The molecule has 0 spiro atoms. The zero-order chi connectivity index (χ0) is 18.8. The average molecular weight is 385 g/mol. The Kier molecular flexibility index (Phi) is 5.03. The van der Waals surface area contributed by atoms with Gasteiger partial charge in [-0.05, 0) is 42.8 Å². The third-order valence-corrected chi connectivity index (χ3v) is 5.85. The van der Waals surface area contributed by atoms with Gasteiger partial charge in [0, 0.05) is 24.2 Å². The minimum Gasteiger partial charge on any atom is -0.341 e. The van der Waals surface area contributed by atoms with E-state index in [1.807, 2.05) is 16.3 Å². The van der Waals surface area contributed by atoms with Gasteiger partial charge in [-0.3, -0.25) is 19.5 Å². The summed E-state index contributed by atoms with van der Waals surface area (Å²) >= 11 is 1.40. The molecule has 0 bridgehead atoms. The second-order valence-corrected chi connectivity index (χ2v) is 7.63. The van der Waals surface area contributed by atoms with Gasteiger partial charge in [0.05, 0.1) is 5.71 Å². The minimum atomic E-state index is -0.348. The number of aliphatic imine (C=N–C) groups is 1. The Hall–Kier alpha value is -2.54. The first-order valence-electron chi connectivity index (χ1n) is 9.10. The molecule has 7 heteroatoms. The number of likely N-dealkylation sites (tertiary alicyclic amines) is 1. The zero-order valence-electron chi connectivity index (χ0n) is 14.9. The van der Waals surface area contributed by atoms with Gasteiger partial charge in [-0.2, -0.15) is 0 Å². The maximum absolute atomic E-state index is 13.7. The summed E-state index contributed by atoms with van der Waals surface area (Å²) in [5, 5.41) is 2.57. The lowest BCUT2D eigenvalue weighted by Crippen LogP contribution is -2.45. The number of hydrogen-bond acceptors (Lipinski definition) is 4. The minimum absolute atomic E-state index is 0.0261. The molecule has 2 aliphatic heterocycles. The first kappa shape index (κ1) is 17.9. The van der Waals surface area contributed by atoms with E-state index in [9.17, 15) is 14.0 Å². The predicted molar refractivity (Wildman–Crippen MR) is 104 cm³/mol. The highest BCUT2D eigenvalue weighted by molar-refractivity contribution is 7.15. The standard InChI is InChI=1S/C20H20FN3O2S/c21-15-6-4-5-14(11-15)19-16-7-10-27-20(16)24(17(25)12-22-19)13-18(26)23-8-2-1-3-9-23/h4-7,10-11H,1-3,8-9,12-13H2. The maximum atomic E-state index is 13.7. The molecule has 1 aromatic carbocycles. The van der Waals surface area contributed by atoms with Crippen molar-refractivity contribution in [1.29, 1.82) is 0 Å². The lowest BCUT2D eigenvalue weighted by Gasteiger charge is -2.29. The van der Waals surface area contributed by atoms with Gasteiger partial charge in [-0.25, -0.2) is 4.39 Å². The summed E-state index contributed by atoms with van der Waals surface area (Å²) < 4.78 is 13.7. The predicted octanol–water partition coefficient (Wildman–Crippen LogP) is 3.08. The molecule has 0 saturated carbocycles. The van der Waals surface area contributed by atoms with Gasteiger partial charge in [0.1, 0.15) is 23.9 Å². The Morgan fingerprint density at radius 1 is 1.19 bits per heavy atom. The van der Waals surface area contributed by atoms with E-state index in [0.717, 1.165) is 37.9 Å². The van der Waals surface area contributed by atoms with E-state index in [-0.39, 0.29) is 30.7 Å². The highest BCUT2D eigenvalue weighted by Crippen LogP contribution is 2.32. The Morgan fingerprint density at radius 3 is 2.78 bits per heavy atom. The lowest BCUT2D eigenvalue weighted by molar-refractivity contribution is -0.132. The van der Waals surface area contributed by atoms with Crippen LogP contribution in [0.25, 0.3) is 0 Å². The van der Waals surface area contributed by atoms with E-state index in [1.165, 1.54) is 28.4 Å². The first-order chi connectivity index (χ1) is 13.1. The van der Waals surface area contributed by atoms with E-state index < -0.39 is 0 Å². The van der Waals surface area contributed by atoms with Gasteiger partial charge in [0.2, 0.25) is 11.8 Å². The molecular formula is C20H20FN3O2S. The number of piperidine rings is 1. The maximum Gasteiger partial charge on any atom is 0.249 e. The number of anilines is 1. The molecule has 4 rings (SSSR count). The molecule has 2 amide bonds. The van der Waals surface area contributed by atoms with Crippen LogP contribution in [0.4, 0.5) is 9.39 Å². The molecule has 1 fully saturated rings. The molecule has 0 radical (unpaired) electrons. The van der Waals surface area contributed by atoms with Crippen LogP contribution < -0.4 is 4.90 Å². The Labute approximate surface area is 161 Å². The summed E-state index contributed by atoms with van der Waals surface area (Å²) in [7, 11) is 0. The van der Waals surface area contributed by atoms with Crippen LogP contribution in [0.3, 0.4) is 0 Å². The van der Waals surface area contributed by atoms with Crippen LogP contribution in [0, 0.1) is 5.82 Å². The van der Waals surface area contributed by atoms with Crippen molar-refractivity contribution in [3.8, 4) is 0 Å². The molecular weight excluding hydrogens is 365 g/mol. The number of carbonyl (C=O) groups excluding carboxylic acids is 2. The Morgan fingerprint density at radius 2 is 2.00 bits per heavy atom. The van der Waals surface area contributed by atoms with Crippen molar-refractivity contribution in [2.75, 3.05) is 31.1 Å². The molecule has 0 unspecified atom stereocenters. The topological polar surface area (TPSA) is 53.0 Å². The average Bonchev–Trinajstić information content (AvgIpc) is 3.11. The van der Waals surface area contributed by atoms with Crippen LogP contribution in [0.5, 0.6) is 0 Å². The van der Waals surface area contributed by atoms with Crippen molar-refractivity contribution in [2.45, 2.75) is 19.3 Å². The van der Waals surface area contributed by atoms with E-state index in [4.69, 9.17) is 0 Å². The second kappa shape index (κ2) is 7.60.